The molecule has 0 radical (unpaired) electrons. The number of amides is 2. The van der Waals surface area contributed by atoms with E-state index in [1.807, 2.05) is 13.8 Å². The maximum absolute atomic E-state index is 12.6. The number of rotatable bonds is 8. The zero-order valence-corrected chi connectivity index (χ0v) is 18.5. The lowest BCUT2D eigenvalue weighted by Gasteiger charge is -2.20. The highest BCUT2D eigenvalue weighted by Gasteiger charge is 2.24. The third kappa shape index (κ3) is 6.11. The Hall–Kier alpha value is -2.77. The Morgan fingerprint density at radius 2 is 1.77 bits per heavy atom. The second-order valence-electron chi connectivity index (χ2n) is 6.67. The quantitative estimate of drug-likeness (QED) is 0.470. The maximum atomic E-state index is 12.6. The van der Waals surface area contributed by atoms with Crippen LogP contribution in [0.25, 0.3) is 0 Å². The minimum atomic E-state index is -0.809. The summed E-state index contributed by atoms with van der Waals surface area (Å²) in [6.45, 7) is 3.63. The Morgan fingerprint density at radius 3 is 2.37 bits per heavy atom. The Kier molecular flexibility index (Phi) is 8.50. The van der Waals surface area contributed by atoms with Gasteiger partial charge in [0, 0.05) is 11.1 Å². The number of nitrogens with zero attached hydrogens (tertiary/aromatic N) is 1. The van der Waals surface area contributed by atoms with E-state index < -0.39 is 17.9 Å². The molecule has 0 aromatic heterocycles. The summed E-state index contributed by atoms with van der Waals surface area (Å²) in [5.41, 5.74) is 3.37. The molecule has 160 valence electrons. The predicted molar refractivity (Wildman–Crippen MR) is 118 cm³/mol. The summed E-state index contributed by atoms with van der Waals surface area (Å²) in [7, 11) is 3.08. The summed E-state index contributed by atoms with van der Waals surface area (Å²) in [5, 5.41) is 7.28. The van der Waals surface area contributed by atoms with E-state index in [9.17, 15) is 9.59 Å². The Morgan fingerprint density at radius 1 is 1.03 bits per heavy atom. The summed E-state index contributed by atoms with van der Waals surface area (Å²) in [6.07, 6.45) is 1.44. The van der Waals surface area contributed by atoms with Crippen molar-refractivity contribution in [2.45, 2.75) is 19.9 Å². The van der Waals surface area contributed by atoms with Gasteiger partial charge in [-0.15, -0.1) is 0 Å². The van der Waals surface area contributed by atoms with Gasteiger partial charge in [-0.3, -0.25) is 9.59 Å². The Bertz CT molecular complexity index is 948. The molecule has 2 aromatic carbocycles. The lowest BCUT2D eigenvalue weighted by atomic mass is 10.0. The fourth-order valence-corrected chi connectivity index (χ4v) is 2.87. The molecule has 7 nitrogen and oxygen atoms in total. The number of hydrazone groups is 1. The van der Waals surface area contributed by atoms with Crippen LogP contribution < -0.4 is 20.2 Å². The van der Waals surface area contributed by atoms with Crippen molar-refractivity contribution in [3.8, 4) is 11.5 Å². The highest BCUT2D eigenvalue weighted by atomic mass is 35.5. The van der Waals surface area contributed by atoms with Gasteiger partial charge in [0.15, 0.2) is 0 Å². The van der Waals surface area contributed by atoms with E-state index in [0.29, 0.717) is 27.6 Å². The van der Waals surface area contributed by atoms with Gasteiger partial charge < -0.3 is 14.8 Å². The lowest BCUT2D eigenvalue weighted by Crippen LogP contribution is -2.48. The number of carbonyl (C=O) groups excluding carboxylic acids is 2. The van der Waals surface area contributed by atoms with E-state index in [-0.39, 0.29) is 10.9 Å². The number of hydrogen-bond acceptors (Lipinski definition) is 5. The van der Waals surface area contributed by atoms with Gasteiger partial charge in [-0.25, -0.2) is 5.43 Å². The number of halogens is 2. The molecule has 0 aliphatic heterocycles. The van der Waals surface area contributed by atoms with Gasteiger partial charge in [0.25, 0.3) is 11.8 Å². The molecule has 0 saturated carbocycles. The van der Waals surface area contributed by atoms with Gasteiger partial charge in [-0.2, -0.15) is 5.10 Å². The van der Waals surface area contributed by atoms with Gasteiger partial charge in [0.05, 0.1) is 30.5 Å². The molecule has 0 aliphatic rings. The topological polar surface area (TPSA) is 89.0 Å². The molecule has 0 heterocycles. The fourth-order valence-electron chi connectivity index (χ4n) is 2.57. The summed E-state index contributed by atoms with van der Waals surface area (Å²) in [4.78, 5) is 25.1. The fraction of sp³-hybridized carbons (Fsp3) is 0.286. The van der Waals surface area contributed by atoms with Crippen molar-refractivity contribution in [1.29, 1.82) is 0 Å². The van der Waals surface area contributed by atoms with Crippen LogP contribution in [0.15, 0.2) is 41.5 Å². The summed E-state index contributed by atoms with van der Waals surface area (Å²) in [6, 6.07) is 8.90. The standard InChI is InChI=1S/C21H23Cl2N3O4/c1-12(2)19(25-20(27)13-5-7-16(22)17(23)10-13)21(28)26-24-11-14-9-15(29-3)6-8-18(14)30-4/h5-12,19H,1-4H3,(H,25,27)(H,26,28)/b24-11+. The van der Waals surface area contributed by atoms with E-state index in [2.05, 4.69) is 15.8 Å². The zero-order chi connectivity index (χ0) is 22.3. The molecule has 2 N–H and O–H groups in total. The molecule has 30 heavy (non-hydrogen) atoms. The van der Waals surface area contributed by atoms with Crippen LogP contribution in [-0.4, -0.2) is 38.3 Å². The number of carbonyl (C=O) groups is 2. The third-order valence-electron chi connectivity index (χ3n) is 4.23. The first-order valence-electron chi connectivity index (χ1n) is 9.07. The van der Waals surface area contributed by atoms with Crippen LogP contribution in [0.4, 0.5) is 0 Å². The second-order valence-corrected chi connectivity index (χ2v) is 7.48. The van der Waals surface area contributed by atoms with Crippen molar-refractivity contribution in [2.75, 3.05) is 14.2 Å². The second kappa shape index (κ2) is 10.8. The van der Waals surface area contributed by atoms with Crippen LogP contribution in [0.3, 0.4) is 0 Å². The molecule has 2 amide bonds. The van der Waals surface area contributed by atoms with Crippen molar-refractivity contribution in [1.82, 2.24) is 10.7 Å². The molecule has 2 aromatic rings. The number of ether oxygens (including phenoxy) is 2. The Labute approximate surface area is 185 Å². The number of benzene rings is 2. The van der Waals surface area contributed by atoms with E-state index in [0.717, 1.165) is 0 Å². The van der Waals surface area contributed by atoms with Crippen LogP contribution in [0.5, 0.6) is 11.5 Å². The molecular weight excluding hydrogens is 429 g/mol. The molecule has 0 saturated heterocycles. The van der Waals surface area contributed by atoms with Gasteiger partial charge in [-0.1, -0.05) is 37.0 Å². The summed E-state index contributed by atoms with van der Waals surface area (Å²) >= 11 is 11.8. The predicted octanol–water partition coefficient (Wildman–Crippen LogP) is 3.92. The normalized spacial score (nSPS) is 12.0. The van der Waals surface area contributed by atoms with Gasteiger partial charge >= 0.3 is 0 Å². The molecule has 0 spiro atoms. The first-order valence-corrected chi connectivity index (χ1v) is 9.83. The Balaban J connectivity index is 2.09. The van der Waals surface area contributed by atoms with Crippen molar-refractivity contribution in [3.63, 3.8) is 0 Å². The van der Waals surface area contributed by atoms with Crippen LogP contribution in [0.1, 0.15) is 29.8 Å². The lowest BCUT2D eigenvalue weighted by molar-refractivity contribution is -0.123. The number of methoxy groups -OCH3 is 2. The summed E-state index contributed by atoms with van der Waals surface area (Å²) in [5.74, 6) is 0.107. The maximum Gasteiger partial charge on any atom is 0.262 e. The molecule has 2 rings (SSSR count). The van der Waals surface area contributed by atoms with E-state index >= 15 is 0 Å². The summed E-state index contributed by atoms with van der Waals surface area (Å²) < 4.78 is 10.5. The molecule has 1 atom stereocenters. The number of hydrogen-bond donors (Lipinski definition) is 2. The highest BCUT2D eigenvalue weighted by molar-refractivity contribution is 6.42. The zero-order valence-electron chi connectivity index (χ0n) is 17.0. The van der Waals surface area contributed by atoms with Crippen LogP contribution in [-0.2, 0) is 4.79 Å². The van der Waals surface area contributed by atoms with Crippen LogP contribution in [0, 0.1) is 5.92 Å². The van der Waals surface area contributed by atoms with Gasteiger partial charge in [0.1, 0.15) is 17.5 Å². The third-order valence-corrected chi connectivity index (χ3v) is 4.97. The van der Waals surface area contributed by atoms with Gasteiger partial charge in [-0.05, 0) is 42.3 Å². The van der Waals surface area contributed by atoms with Crippen molar-refractivity contribution >= 4 is 41.2 Å². The van der Waals surface area contributed by atoms with Crippen molar-refractivity contribution in [3.05, 3.63) is 57.6 Å². The van der Waals surface area contributed by atoms with Gasteiger partial charge in [0.2, 0.25) is 0 Å². The minimum absolute atomic E-state index is 0.182. The molecule has 1 unspecified atom stereocenters. The molecular formula is C21H23Cl2N3O4. The first kappa shape index (κ1) is 23.5. The van der Waals surface area contributed by atoms with Crippen molar-refractivity contribution < 1.29 is 19.1 Å². The van der Waals surface area contributed by atoms with Crippen molar-refractivity contribution in [2.24, 2.45) is 11.0 Å². The average molecular weight is 452 g/mol. The smallest absolute Gasteiger partial charge is 0.262 e. The van der Waals surface area contributed by atoms with E-state index in [1.165, 1.54) is 31.5 Å². The van der Waals surface area contributed by atoms with E-state index in [4.69, 9.17) is 32.7 Å². The molecule has 0 fully saturated rings. The monoisotopic (exact) mass is 451 g/mol. The highest BCUT2D eigenvalue weighted by Crippen LogP contribution is 2.23. The minimum Gasteiger partial charge on any atom is -0.497 e. The molecule has 0 aliphatic carbocycles. The van der Waals surface area contributed by atoms with Crippen LogP contribution in [0.2, 0.25) is 10.0 Å². The van der Waals surface area contributed by atoms with E-state index in [1.54, 1.807) is 25.3 Å². The SMILES string of the molecule is COc1ccc(OC)c(/C=N/NC(=O)C(NC(=O)c2ccc(Cl)c(Cl)c2)C(C)C)c1. The average Bonchev–Trinajstić information content (AvgIpc) is 2.73. The number of nitrogens with one attached hydrogen (secondary N) is 2. The first-order chi connectivity index (χ1) is 14.3. The molecule has 0 bridgehead atoms. The van der Waals surface area contributed by atoms with Crippen LogP contribution >= 0.6 is 23.2 Å². The largest absolute Gasteiger partial charge is 0.497 e. The molecule has 9 heteroatoms.